The Bertz CT molecular complexity index is 582. The largest absolute Gasteiger partial charge is 0.237 e. The minimum Gasteiger partial charge on any atom is -0.237 e. The zero-order valence-corrected chi connectivity index (χ0v) is 12.0. The van der Waals surface area contributed by atoms with Gasteiger partial charge >= 0.3 is 0 Å². The van der Waals surface area contributed by atoms with Gasteiger partial charge in [0.15, 0.2) is 0 Å². The summed E-state index contributed by atoms with van der Waals surface area (Å²) in [5.41, 5.74) is 3.87. The lowest BCUT2D eigenvalue weighted by molar-refractivity contribution is 0.664. The van der Waals surface area contributed by atoms with Crippen LogP contribution < -0.4 is 0 Å². The Morgan fingerprint density at radius 3 is 2.32 bits per heavy atom. The van der Waals surface area contributed by atoms with E-state index in [0.717, 1.165) is 24.4 Å². The predicted molar refractivity (Wildman–Crippen MR) is 77.7 cm³/mol. The molecule has 2 nitrogen and oxygen atoms in total. The molecule has 0 atom stereocenters. The molecule has 0 radical (unpaired) electrons. The molecule has 0 unspecified atom stereocenters. The highest BCUT2D eigenvalue weighted by atomic mass is 35.5. The average Bonchev–Trinajstić information content (AvgIpc) is 2.81. The van der Waals surface area contributed by atoms with Crippen LogP contribution in [0.15, 0.2) is 30.3 Å². The maximum atomic E-state index is 6.13. The summed E-state index contributed by atoms with van der Waals surface area (Å²) in [6.45, 7) is 4.26. The van der Waals surface area contributed by atoms with Gasteiger partial charge in [-0.05, 0) is 36.0 Å². The second-order valence-electron chi connectivity index (χ2n) is 5.50. The summed E-state index contributed by atoms with van der Waals surface area (Å²) < 4.78 is 0. The molecule has 0 amide bonds. The number of hydrogen-bond donors (Lipinski definition) is 0. The van der Waals surface area contributed by atoms with E-state index in [2.05, 4.69) is 43.1 Å². The molecule has 3 heteroatoms. The van der Waals surface area contributed by atoms with Crippen LogP contribution in [-0.4, -0.2) is 9.97 Å². The zero-order chi connectivity index (χ0) is 13.4. The molecule has 0 fully saturated rings. The van der Waals surface area contributed by atoms with Crippen molar-refractivity contribution in [3.8, 4) is 0 Å². The summed E-state index contributed by atoms with van der Waals surface area (Å²) in [5.74, 6) is 1.64. The molecule has 0 saturated heterocycles. The Balaban J connectivity index is 1.93. The van der Waals surface area contributed by atoms with Crippen LogP contribution in [0.4, 0.5) is 0 Å². The van der Waals surface area contributed by atoms with E-state index >= 15 is 0 Å². The number of hydrogen-bond acceptors (Lipinski definition) is 2. The quantitative estimate of drug-likeness (QED) is 0.768. The van der Waals surface area contributed by atoms with Crippen LogP contribution in [0.1, 0.15) is 48.3 Å². The molecule has 0 aliphatic heterocycles. The van der Waals surface area contributed by atoms with E-state index < -0.39 is 0 Å². The van der Waals surface area contributed by atoms with Crippen LogP contribution in [0.3, 0.4) is 0 Å². The van der Waals surface area contributed by atoms with Gasteiger partial charge in [0.05, 0.1) is 0 Å². The fraction of sp³-hybridized carbons (Fsp3) is 0.375. The smallest absolute Gasteiger partial charge is 0.134 e. The summed E-state index contributed by atoms with van der Waals surface area (Å²) >= 11 is 6.13. The lowest BCUT2D eigenvalue weighted by Crippen LogP contribution is -2.07. The number of benzene rings is 1. The number of fused-ring (bicyclic) bond motifs is 1. The van der Waals surface area contributed by atoms with E-state index in [1.54, 1.807) is 0 Å². The van der Waals surface area contributed by atoms with Crippen molar-refractivity contribution >= 4 is 11.6 Å². The maximum Gasteiger partial charge on any atom is 0.134 e. The number of nitrogens with zero attached hydrogens (tertiary/aromatic N) is 2. The van der Waals surface area contributed by atoms with Gasteiger partial charge in [0, 0.05) is 11.6 Å². The van der Waals surface area contributed by atoms with Crippen LogP contribution in [0.25, 0.3) is 0 Å². The van der Waals surface area contributed by atoms with Crippen molar-refractivity contribution < 1.29 is 0 Å². The summed E-state index contributed by atoms with van der Waals surface area (Å²) in [6, 6.07) is 10.5. The van der Waals surface area contributed by atoms with E-state index in [1.165, 1.54) is 11.1 Å². The van der Waals surface area contributed by atoms with Gasteiger partial charge in [-0.15, -0.1) is 0 Å². The van der Waals surface area contributed by atoms with Gasteiger partial charge in [0.1, 0.15) is 11.0 Å². The summed E-state index contributed by atoms with van der Waals surface area (Å²) in [4.78, 5) is 9.14. The van der Waals surface area contributed by atoms with Gasteiger partial charge < -0.3 is 0 Å². The number of rotatable bonds is 2. The van der Waals surface area contributed by atoms with E-state index in [4.69, 9.17) is 16.6 Å². The van der Waals surface area contributed by atoms with Gasteiger partial charge in [-0.25, -0.2) is 9.97 Å². The topological polar surface area (TPSA) is 25.8 Å². The van der Waals surface area contributed by atoms with E-state index in [1.807, 2.05) is 6.07 Å². The fourth-order valence-electron chi connectivity index (χ4n) is 2.67. The third-order valence-corrected chi connectivity index (χ3v) is 3.93. The van der Waals surface area contributed by atoms with Crippen LogP contribution in [-0.2, 0) is 12.8 Å². The van der Waals surface area contributed by atoms with Crippen LogP contribution >= 0.6 is 11.6 Å². The van der Waals surface area contributed by atoms with Crippen LogP contribution in [0.2, 0.25) is 5.15 Å². The molecule has 1 aromatic carbocycles. The molecule has 1 aliphatic rings. The maximum absolute atomic E-state index is 6.13. The summed E-state index contributed by atoms with van der Waals surface area (Å²) in [6.07, 6.45) is 2.04. The van der Waals surface area contributed by atoms with Gasteiger partial charge in [-0.1, -0.05) is 49.7 Å². The number of halogens is 1. The first-order chi connectivity index (χ1) is 9.13. The van der Waals surface area contributed by atoms with Crippen molar-refractivity contribution in [2.75, 3.05) is 0 Å². The predicted octanol–water partition coefficient (Wildman–Crippen LogP) is 4.14. The van der Waals surface area contributed by atoms with Gasteiger partial charge in [-0.3, -0.25) is 0 Å². The monoisotopic (exact) mass is 272 g/mol. The first-order valence-electron chi connectivity index (χ1n) is 6.74. The molecule has 19 heavy (non-hydrogen) atoms. The highest BCUT2D eigenvalue weighted by Gasteiger charge is 2.25. The van der Waals surface area contributed by atoms with Gasteiger partial charge in [0.2, 0.25) is 0 Å². The molecule has 0 bridgehead atoms. The standard InChI is InChI=1S/C16H17ClN2/c1-10(2)14-9-15(17)19-16(18-14)13-7-11-5-3-4-6-12(11)8-13/h3-6,9-10,13H,7-8H2,1-2H3. The minimum absolute atomic E-state index is 0.369. The van der Waals surface area contributed by atoms with Gasteiger partial charge in [0.25, 0.3) is 0 Å². The molecule has 98 valence electrons. The molecule has 1 aliphatic carbocycles. The Morgan fingerprint density at radius 1 is 1.11 bits per heavy atom. The third kappa shape index (κ3) is 2.50. The Morgan fingerprint density at radius 2 is 1.74 bits per heavy atom. The first-order valence-corrected chi connectivity index (χ1v) is 7.12. The van der Waals surface area contributed by atoms with Crippen LogP contribution in [0, 0.1) is 0 Å². The van der Waals surface area contributed by atoms with Crippen molar-refractivity contribution in [3.05, 3.63) is 58.1 Å². The fourth-order valence-corrected chi connectivity index (χ4v) is 2.87. The first kappa shape index (κ1) is 12.6. The highest BCUT2D eigenvalue weighted by Crippen LogP contribution is 2.33. The molecular formula is C16H17ClN2. The summed E-state index contributed by atoms with van der Waals surface area (Å²) in [7, 11) is 0. The van der Waals surface area contributed by atoms with Crippen molar-refractivity contribution in [1.82, 2.24) is 9.97 Å². The van der Waals surface area contributed by atoms with E-state index in [-0.39, 0.29) is 0 Å². The molecule has 1 heterocycles. The van der Waals surface area contributed by atoms with Crippen LogP contribution in [0.5, 0.6) is 0 Å². The Kier molecular flexibility index (Phi) is 3.28. The lowest BCUT2D eigenvalue weighted by Gasteiger charge is -2.11. The SMILES string of the molecule is CC(C)c1cc(Cl)nc(C2Cc3ccccc3C2)n1. The third-order valence-electron chi connectivity index (χ3n) is 3.74. The Labute approximate surface area is 118 Å². The average molecular weight is 273 g/mol. The molecule has 0 saturated carbocycles. The van der Waals surface area contributed by atoms with E-state index in [0.29, 0.717) is 17.0 Å². The van der Waals surface area contributed by atoms with Crippen molar-refractivity contribution in [3.63, 3.8) is 0 Å². The second-order valence-corrected chi connectivity index (χ2v) is 5.89. The molecular weight excluding hydrogens is 256 g/mol. The highest BCUT2D eigenvalue weighted by molar-refractivity contribution is 6.29. The van der Waals surface area contributed by atoms with Crippen molar-refractivity contribution in [2.45, 2.75) is 38.5 Å². The zero-order valence-electron chi connectivity index (χ0n) is 11.2. The Hall–Kier alpha value is -1.41. The molecule has 2 aromatic rings. The summed E-state index contributed by atoms with van der Waals surface area (Å²) in [5, 5.41) is 0.560. The van der Waals surface area contributed by atoms with Crippen molar-refractivity contribution in [2.24, 2.45) is 0 Å². The molecule has 1 aromatic heterocycles. The normalized spacial score (nSPS) is 14.9. The molecule has 0 spiro atoms. The van der Waals surface area contributed by atoms with Gasteiger partial charge in [-0.2, -0.15) is 0 Å². The minimum atomic E-state index is 0.369. The molecule has 3 rings (SSSR count). The van der Waals surface area contributed by atoms with E-state index in [9.17, 15) is 0 Å². The van der Waals surface area contributed by atoms with Crippen molar-refractivity contribution in [1.29, 1.82) is 0 Å². The molecule has 0 N–H and O–H groups in total. The number of aromatic nitrogens is 2. The lowest BCUT2D eigenvalue weighted by atomic mass is 10.0. The second kappa shape index (κ2) is 4.93.